The Kier molecular flexibility index (Phi) is 2.86. The molecular formula is C13H12BBrFNO. The van der Waals surface area contributed by atoms with Gasteiger partial charge in [0, 0.05) is 5.41 Å². The monoisotopic (exact) mass is 307 g/mol. The molecule has 5 heteroatoms. The van der Waals surface area contributed by atoms with E-state index in [2.05, 4.69) is 15.9 Å². The van der Waals surface area contributed by atoms with Gasteiger partial charge in [0.15, 0.2) is 13.8 Å². The van der Waals surface area contributed by atoms with Crippen molar-refractivity contribution in [1.29, 1.82) is 0 Å². The van der Waals surface area contributed by atoms with Crippen LogP contribution in [0.1, 0.15) is 18.4 Å². The average Bonchev–Trinajstić information content (AvgIpc) is 3.06. The van der Waals surface area contributed by atoms with Gasteiger partial charge in [-0.25, -0.2) is 4.39 Å². The van der Waals surface area contributed by atoms with Crippen LogP contribution >= 0.6 is 15.9 Å². The van der Waals surface area contributed by atoms with E-state index < -0.39 is 0 Å². The highest BCUT2D eigenvalue weighted by Crippen LogP contribution is 2.52. The van der Waals surface area contributed by atoms with Crippen LogP contribution in [-0.4, -0.2) is 31.2 Å². The predicted molar refractivity (Wildman–Crippen MR) is 70.7 cm³/mol. The first kappa shape index (κ1) is 12.4. The third kappa shape index (κ3) is 1.84. The quantitative estimate of drug-likeness (QED) is 0.781. The van der Waals surface area contributed by atoms with Gasteiger partial charge in [-0.2, -0.15) is 0 Å². The summed E-state index contributed by atoms with van der Waals surface area (Å²) in [4.78, 5) is 13.8. The van der Waals surface area contributed by atoms with E-state index in [0.717, 1.165) is 12.8 Å². The van der Waals surface area contributed by atoms with Gasteiger partial charge in [0.25, 0.3) is 0 Å². The van der Waals surface area contributed by atoms with Crippen molar-refractivity contribution in [2.75, 3.05) is 6.54 Å². The van der Waals surface area contributed by atoms with Crippen molar-refractivity contribution in [3.63, 3.8) is 0 Å². The summed E-state index contributed by atoms with van der Waals surface area (Å²) in [5, 5.41) is 0. The molecule has 2 nitrogen and oxygen atoms in total. The molecule has 0 aromatic heterocycles. The van der Waals surface area contributed by atoms with Crippen LogP contribution in [-0.2, 0) is 11.2 Å². The molecule has 18 heavy (non-hydrogen) atoms. The summed E-state index contributed by atoms with van der Waals surface area (Å²) in [7, 11) is 5.90. The van der Waals surface area contributed by atoms with Gasteiger partial charge in [-0.05, 0) is 53.4 Å². The molecule has 1 aliphatic carbocycles. The molecule has 1 aliphatic heterocycles. The summed E-state index contributed by atoms with van der Waals surface area (Å²) in [5.41, 5.74) is 0.331. The Hall–Kier alpha value is -0.675. The summed E-state index contributed by atoms with van der Waals surface area (Å²) in [6.45, 7) is 0.617. The average molecular weight is 308 g/mol. The zero-order chi connectivity index (χ0) is 12.9. The minimum Gasteiger partial charge on any atom is -0.344 e. The lowest BCUT2D eigenvalue weighted by Gasteiger charge is -2.18. The molecule has 1 heterocycles. The first-order valence-corrected chi connectivity index (χ1v) is 6.81. The van der Waals surface area contributed by atoms with Crippen LogP contribution < -0.4 is 0 Å². The normalized spacial score (nSPS) is 25.9. The van der Waals surface area contributed by atoms with Crippen LogP contribution in [0.25, 0.3) is 0 Å². The maximum atomic E-state index is 13.9. The van der Waals surface area contributed by atoms with Gasteiger partial charge in [0.1, 0.15) is 5.82 Å². The van der Waals surface area contributed by atoms with E-state index in [1.165, 1.54) is 0 Å². The minimum absolute atomic E-state index is 0.185. The van der Waals surface area contributed by atoms with Crippen LogP contribution in [0.4, 0.5) is 4.39 Å². The van der Waals surface area contributed by atoms with Crippen molar-refractivity contribution >= 4 is 29.7 Å². The van der Waals surface area contributed by atoms with E-state index in [1.54, 1.807) is 23.0 Å². The van der Waals surface area contributed by atoms with Crippen molar-refractivity contribution in [3.05, 3.63) is 34.1 Å². The molecule has 1 saturated heterocycles. The largest absolute Gasteiger partial charge is 0.344 e. The molecule has 2 radical (unpaired) electrons. The Morgan fingerprint density at radius 1 is 1.50 bits per heavy atom. The second-order valence-corrected chi connectivity index (χ2v) is 6.10. The van der Waals surface area contributed by atoms with Gasteiger partial charge in [-0.15, -0.1) is 0 Å². The second kappa shape index (κ2) is 4.17. The van der Waals surface area contributed by atoms with E-state index in [1.807, 2.05) is 0 Å². The first-order valence-electron chi connectivity index (χ1n) is 6.02. The zero-order valence-corrected chi connectivity index (χ0v) is 11.4. The summed E-state index contributed by atoms with van der Waals surface area (Å²) in [6, 6.07) is 4.75. The fourth-order valence-corrected chi connectivity index (χ4v) is 3.13. The molecule has 1 spiro atoms. The molecule has 2 aliphatic rings. The number of hydrogen-bond donors (Lipinski definition) is 0. The lowest BCUT2D eigenvalue weighted by atomic mass is 9.96. The van der Waals surface area contributed by atoms with Crippen molar-refractivity contribution in [2.24, 2.45) is 5.41 Å². The number of carbonyl (C=O) groups is 1. The molecule has 1 atom stereocenters. The van der Waals surface area contributed by atoms with Crippen molar-refractivity contribution in [1.82, 2.24) is 4.81 Å². The number of rotatable bonds is 2. The third-order valence-electron chi connectivity index (χ3n) is 4.01. The zero-order valence-electron chi connectivity index (χ0n) is 9.83. The highest BCUT2D eigenvalue weighted by Gasteiger charge is 2.57. The van der Waals surface area contributed by atoms with E-state index in [9.17, 15) is 9.18 Å². The molecule has 1 saturated carbocycles. The molecule has 92 valence electrons. The van der Waals surface area contributed by atoms with E-state index in [4.69, 9.17) is 7.98 Å². The molecule has 3 rings (SSSR count). The maximum absolute atomic E-state index is 13.9. The van der Waals surface area contributed by atoms with Crippen LogP contribution in [0.2, 0.25) is 0 Å². The van der Waals surface area contributed by atoms with Gasteiger partial charge in [0.2, 0.25) is 0 Å². The van der Waals surface area contributed by atoms with Crippen LogP contribution in [0, 0.1) is 11.2 Å². The van der Waals surface area contributed by atoms with Gasteiger partial charge in [-0.3, -0.25) is 4.79 Å². The second-order valence-electron chi connectivity index (χ2n) is 5.25. The number of hydrogen-bond acceptors (Lipinski definition) is 2. The molecular weight excluding hydrogens is 296 g/mol. The van der Waals surface area contributed by atoms with E-state index in [-0.39, 0.29) is 23.1 Å². The first-order chi connectivity index (χ1) is 8.53. The highest BCUT2D eigenvalue weighted by molar-refractivity contribution is 9.10. The summed E-state index contributed by atoms with van der Waals surface area (Å²) < 4.78 is 14.3. The summed E-state index contributed by atoms with van der Waals surface area (Å²) >= 11 is 3.16. The third-order valence-corrected chi connectivity index (χ3v) is 4.62. The van der Waals surface area contributed by atoms with Crippen molar-refractivity contribution in [2.45, 2.75) is 25.3 Å². The van der Waals surface area contributed by atoms with Gasteiger partial charge < -0.3 is 4.81 Å². The standard InChI is InChI=1S/C13H12BBrFNO/c14-17-7-13(4-5-13)12(18)10(17)6-8-2-1-3-9(15)11(8)16/h1-3,10H,4-7H2. The predicted octanol–water partition coefficient (Wildman–Crippen LogP) is 2.25. The maximum Gasteiger partial charge on any atom is 0.183 e. The number of ketones is 1. The fourth-order valence-electron chi connectivity index (χ4n) is 2.72. The molecule has 1 aromatic rings. The van der Waals surface area contributed by atoms with Crippen molar-refractivity contribution in [3.8, 4) is 0 Å². The smallest absolute Gasteiger partial charge is 0.183 e. The van der Waals surface area contributed by atoms with Gasteiger partial charge in [-0.1, -0.05) is 12.1 Å². The van der Waals surface area contributed by atoms with Gasteiger partial charge >= 0.3 is 0 Å². The minimum atomic E-state index is -0.378. The van der Waals surface area contributed by atoms with Crippen molar-refractivity contribution < 1.29 is 9.18 Å². The lowest BCUT2D eigenvalue weighted by molar-refractivity contribution is -0.123. The number of carbonyl (C=O) groups excluding carboxylic acids is 1. The molecule has 0 N–H and O–H groups in total. The molecule has 0 amide bonds. The van der Waals surface area contributed by atoms with Crippen LogP contribution in [0.3, 0.4) is 0 Å². The summed E-state index contributed by atoms with van der Waals surface area (Å²) in [5.74, 6) is -0.111. The Morgan fingerprint density at radius 2 is 2.22 bits per heavy atom. The Morgan fingerprint density at radius 3 is 2.83 bits per heavy atom. The highest BCUT2D eigenvalue weighted by atomic mass is 79.9. The molecule has 2 fully saturated rings. The fraction of sp³-hybridized carbons (Fsp3) is 0.462. The van der Waals surface area contributed by atoms with Gasteiger partial charge in [0.05, 0.1) is 10.5 Å². The number of nitrogens with zero attached hydrogens (tertiary/aromatic N) is 1. The Bertz CT molecular complexity index is 518. The van der Waals surface area contributed by atoms with E-state index in [0.29, 0.717) is 23.0 Å². The molecule has 1 unspecified atom stereocenters. The topological polar surface area (TPSA) is 20.3 Å². The summed E-state index contributed by atoms with van der Waals surface area (Å²) in [6.07, 6.45) is 2.20. The molecule has 0 bridgehead atoms. The van der Waals surface area contributed by atoms with Crippen LogP contribution in [0.15, 0.2) is 22.7 Å². The lowest BCUT2D eigenvalue weighted by Crippen LogP contribution is -2.33. The number of halogens is 2. The van der Waals surface area contributed by atoms with E-state index >= 15 is 0 Å². The van der Waals surface area contributed by atoms with Crippen LogP contribution in [0.5, 0.6) is 0 Å². The number of benzene rings is 1. The molecule has 1 aromatic carbocycles. The SMILES string of the molecule is [B]N1CC2(CC2)C(=O)C1Cc1cccc(Br)c1F. The Labute approximate surface area is 115 Å². The number of Topliss-reactive ketones (excluding diaryl/α,β-unsaturated/α-hetero) is 1. The Balaban J connectivity index is 1.84.